The van der Waals surface area contributed by atoms with Gasteiger partial charge in [0.15, 0.2) is 0 Å². The number of alkyl halides is 3. The van der Waals surface area contributed by atoms with Crippen molar-refractivity contribution in [3.05, 3.63) is 29.1 Å². The fraction of sp³-hybridized carbons (Fsp3) is 0.550. The summed E-state index contributed by atoms with van der Waals surface area (Å²) in [6.07, 6.45) is -1.33. The molecule has 3 aliphatic rings. The molecule has 1 atom stereocenters. The van der Waals surface area contributed by atoms with E-state index in [1.807, 2.05) is 4.68 Å². The standard InChI is InChI=1S/C20H22F3N5O2/c21-20(22,23)17-15-13(7-10-25-18(15)26-19(29)30-17)16-12-3-1-2-4-14(12)28(27-16)11-5-8-24-9-6-11/h7,10-11,17,24H,1-6,8-9H2,(H,25,26,29)/t17-/m1/s1. The first-order valence-electron chi connectivity index (χ1n) is 10.3. The minimum atomic E-state index is -4.75. The highest BCUT2D eigenvalue weighted by Gasteiger charge is 2.49. The molecule has 2 aromatic rings. The molecule has 0 radical (unpaired) electrons. The molecule has 2 N–H and O–H groups in total. The lowest BCUT2D eigenvalue weighted by atomic mass is 9.90. The highest BCUT2D eigenvalue weighted by molar-refractivity contribution is 5.89. The summed E-state index contributed by atoms with van der Waals surface area (Å²) < 4.78 is 48.0. The maximum absolute atomic E-state index is 13.8. The van der Waals surface area contributed by atoms with Crippen LogP contribution in [-0.2, 0) is 17.6 Å². The van der Waals surface area contributed by atoms with Gasteiger partial charge in [-0.1, -0.05) is 0 Å². The number of rotatable bonds is 2. The number of piperidine rings is 1. The molecule has 160 valence electrons. The number of ether oxygens (including phenoxy) is 1. The summed E-state index contributed by atoms with van der Waals surface area (Å²) in [6.45, 7) is 1.80. The Morgan fingerprint density at radius 1 is 1.17 bits per heavy atom. The Hall–Kier alpha value is -2.62. The first-order valence-corrected chi connectivity index (χ1v) is 10.3. The summed E-state index contributed by atoms with van der Waals surface area (Å²) in [6, 6.07) is 1.78. The maximum Gasteiger partial charge on any atom is 0.430 e. The van der Waals surface area contributed by atoms with Gasteiger partial charge in [0, 0.05) is 23.0 Å². The molecule has 0 saturated carbocycles. The number of aromatic nitrogens is 3. The first-order chi connectivity index (χ1) is 14.4. The normalized spacial score (nSPS) is 22.1. The molecular formula is C20H22F3N5O2. The number of nitrogens with zero attached hydrogens (tertiary/aromatic N) is 3. The summed E-state index contributed by atoms with van der Waals surface area (Å²) in [5.41, 5.74) is 2.83. The van der Waals surface area contributed by atoms with E-state index in [2.05, 4.69) is 20.4 Å². The van der Waals surface area contributed by atoms with E-state index in [0.717, 1.165) is 62.9 Å². The van der Waals surface area contributed by atoms with Crippen molar-refractivity contribution in [3.63, 3.8) is 0 Å². The number of anilines is 1. The minimum Gasteiger partial charge on any atom is -0.431 e. The van der Waals surface area contributed by atoms with Gasteiger partial charge in [0.05, 0.1) is 17.3 Å². The predicted molar refractivity (Wildman–Crippen MR) is 102 cm³/mol. The molecule has 1 saturated heterocycles. The van der Waals surface area contributed by atoms with Crippen LogP contribution in [0.5, 0.6) is 0 Å². The molecule has 1 aliphatic carbocycles. The summed E-state index contributed by atoms with van der Waals surface area (Å²) in [4.78, 5) is 15.6. The fourth-order valence-electron chi connectivity index (χ4n) is 4.76. The lowest BCUT2D eigenvalue weighted by Crippen LogP contribution is -2.34. The van der Waals surface area contributed by atoms with Crippen LogP contribution in [-0.4, -0.2) is 40.1 Å². The largest absolute Gasteiger partial charge is 0.431 e. The zero-order valence-corrected chi connectivity index (χ0v) is 16.3. The number of nitrogens with one attached hydrogen (secondary N) is 2. The van der Waals surface area contributed by atoms with Gasteiger partial charge < -0.3 is 10.1 Å². The number of hydrogen-bond donors (Lipinski definition) is 2. The van der Waals surface area contributed by atoms with Gasteiger partial charge in [0.2, 0.25) is 6.10 Å². The van der Waals surface area contributed by atoms with Gasteiger partial charge in [0.1, 0.15) is 5.82 Å². The topological polar surface area (TPSA) is 81.1 Å². The van der Waals surface area contributed by atoms with Gasteiger partial charge in [-0.05, 0) is 57.7 Å². The molecular weight excluding hydrogens is 399 g/mol. The summed E-state index contributed by atoms with van der Waals surface area (Å²) in [5.74, 6) is -0.118. The Morgan fingerprint density at radius 3 is 2.70 bits per heavy atom. The number of pyridine rings is 1. The molecule has 10 heteroatoms. The Morgan fingerprint density at radius 2 is 1.93 bits per heavy atom. The lowest BCUT2D eigenvalue weighted by Gasteiger charge is -2.28. The highest BCUT2D eigenvalue weighted by atomic mass is 19.4. The summed E-state index contributed by atoms with van der Waals surface area (Å²) in [5, 5.41) is 10.5. The molecule has 5 rings (SSSR count). The molecule has 30 heavy (non-hydrogen) atoms. The number of fused-ring (bicyclic) bond motifs is 2. The lowest BCUT2D eigenvalue weighted by molar-refractivity contribution is -0.206. The Bertz CT molecular complexity index is 982. The van der Waals surface area contributed by atoms with Gasteiger partial charge in [0.25, 0.3) is 0 Å². The molecule has 1 amide bonds. The van der Waals surface area contributed by atoms with Gasteiger partial charge in [-0.2, -0.15) is 18.3 Å². The average Bonchev–Trinajstić information content (AvgIpc) is 3.12. The van der Waals surface area contributed by atoms with Crippen LogP contribution in [0.15, 0.2) is 12.3 Å². The van der Waals surface area contributed by atoms with Crippen molar-refractivity contribution in [2.75, 3.05) is 18.4 Å². The van der Waals surface area contributed by atoms with Crippen LogP contribution >= 0.6 is 0 Å². The maximum atomic E-state index is 13.8. The summed E-state index contributed by atoms with van der Waals surface area (Å²) >= 11 is 0. The second-order valence-electron chi connectivity index (χ2n) is 7.98. The van der Waals surface area contributed by atoms with Gasteiger partial charge in [-0.15, -0.1) is 0 Å². The molecule has 0 aromatic carbocycles. The van der Waals surface area contributed by atoms with Gasteiger partial charge in [-0.3, -0.25) is 10.00 Å². The minimum absolute atomic E-state index is 0.118. The van der Waals surface area contributed by atoms with Gasteiger partial charge >= 0.3 is 12.3 Å². The van der Waals surface area contributed by atoms with Crippen molar-refractivity contribution >= 4 is 11.9 Å². The van der Waals surface area contributed by atoms with Crippen LogP contribution in [0.3, 0.4) is 0 Å². The molecule has 4 heterocycles. The van der Waals surface area contributed by atoms with E-state index in [9.17, 15) is 18.0 Å². The molecule has 7 nitrogen and oxygen atoms in total. The predicted octanol–water partition coefficient (Wildman–Crippen LogP) is 3.91. The van der Waals surface area contributed by atoms with E-state index in [4.69, 9.17) is 5.10 Å². The highest BCUT2D eigenvalue weighted by Crippen LogP contribution is 2.46. The zero-order chi connectivity index (χ0) is 20.9. The van der Waals surface area contributed by atoms with Crippen molar-refractivity contribution in [3.8, 4) is 11.3 Å². The molecule has 0 bridgehead atoms. The number of cyclic esters (lactones) is 1. The number of carbonyl (C=O) groups is 1. The van der Waals surface area contributed by atoms with E-state index in [1.165, 1.54) is 6.20 Å². The SMILES string of the molecule is O=C1Nc2nccc(-c3nn(C4CCNCC4)c4c3CCCC4)c2[C@H](C(F)(F)F)O1. The van der Waals surface area contributed by atoms with E-state index < -0.39 is 18.4 Å². The Kier molecular flexibility index (Phi) is 4.68. The third-order valence-corrected chi connectivity index (χ3v) is 6.11. The third kappa shape index (κ3) is 3.23. The van der Waals surface area contributed by atoms with Crippen molar-refractivity contribution in [2.45, 2.75) is 56.8 Å². The molecule has 1 fully saturated rings. The Labute approximate surface area is 171 Å². The average molecular weight is 421 g/mol. The molecule has 0 spiro atoms. The van der Waals surface area contributed by atoms with Crippen LogP contribution in [0.1, 0.15) is 54.6 Å². The summed E-state index contributed by atoms with van der Waals surface area (Å²) in [7, 11) is 0. The van der Waals surface area contributed by atoms with E-state index >= 15 is 0 Å². The van der Waals surface area contributed by atoms with Gasteiger partial charge in [-0.25, -0.2) is 9.78 Å². The van der Waals surface area contributed by atoms with E-state index in [1.54, 1.807) is 6.07 Å². The monoisotopic (exact) mass is 421 g/mol. The number of amides is 1. The molecule has 2 aromatic heterocycles. The third-order valence-electron chi connectivity index (χ3n) is 6.11. The van der Waals surface area contributed by atoms with Crippen LogP contribution < -0.4 is 10.6 Å². The van der Waals surface area contributed by atoms with Crippen molar-refractivity contribution < 1.29 is 22.7 Å². The fourth-order valence-corrected chi connectivity index (χ4v) is 4.76. The second-order valence-corrected chi connectivity index (χ2v) is 7.98. The van der Waals surface area contributed by atoms with E-state index in [0.29, 0.717) is 11.3 Å². The number of carbonyl (C=O) groups excluding carboxylic acids is 1. The van der Waals surface area contributed by atoms with Crippen molar-refractivity contribution in [1.29, 1.82) is 0 Å². The van der Waals surface area contributed by atoms with Crippen LogP contribution in [0.25, 0.3) is 11.3 Å². The number of hydrogen-bond acceptors (Lipinski definition) is 5. The van der Waals surface area contributed by atoms with Crippen LogP contribution in [0.4, 0.5) is 23.8 Å². The van der Waals surface area contributed by atoms with E-state index in [-0.39, 0.29) is 17.4 Å². The smallest absolute Gasteiger partial charge is 0.430 e. The quantitative estimate of drug-likeness (QED) is 0.769. The molecule has 2 aliphatic heterocycles. The van der Waals surface area contributed by atoms with Crippen molar-refractivity contribution in [1.82, 2.24) is 20.1 Å². The second kappa shape index (κ2) is 7.26. The first kappa shape index (κ1) is 19.3. The van der Waals surface area contributed by atoms with Crippen LogP contribution in [0, 0.1) is 0 Å². The van der Waals surface area contributed by atoms with Crippen molar-refractivity contribution in [2.24, 2.45) is 0 Å². The number of halogens is 3. The molecule has 0 unspecified atom stereocenters. The zero-order valence-electron chi connectivity index (χ0n) is 16.3. The van der Waals surface area contributed by atoms with Crippen LogP contribution in [0.2, 0.25) is 0 Å². The Balaban J connectivity index is 1.68.